The van der Waals surface area contributed by atoms with E-state index in [0.29, 0.717) is 38.0 Å². The maximum absolute atomic E-state index is 13.3. The van der Waals surface area contributed by atoms with E-state index in [1.54, 1.807) is 23.9 Å². The van der Waals surface area contributed by atoms with Crippen LogP contribution in [0, 0.1) is 10.1 Å². The van der Waals surface area contributed by atoms with E-state index in [9.17, 15) is 19.7 Å². The number of likely N-dealkylation sites (tertiary alicyclic amines) is 1. The number of piperidine rings is 1. The van der Waals surface area contributed by atoms with Crippen LogP contribution < -0.4 is 0 Å². The summed E-state index contributed by atoms with van der Waals surface area (Å²) in [4.78, 5) is 40.6. The van der Waals surface area contributed by atoms with Crippen LogP contribution in [-0.4, -0.2) is 56.8 Å². The molecule has 0 N–H and O–H groups in total. The van der Waals surface area contributed by atoms with Gasteiger partial charge in [-0.2, -0.15) is 0 Å². The van der Waals surface area contributed by atoms with Gasteiger partial charge < -0.3 is 9.80 Å². The van der Waals surface area contributed by atoms with E-state index in [1.165, 1.54) is 12.1 Å². The maximum atomic E-state index is 13.3. The van der Waals surface area contributed by atoms with Gasteiger partial charge >= 0.3 is 0 Å². The number of nitrogens with zero attached hydrogens (tertiary/aromatic N) is 3. The molecule has 0 saturated carbocycles. The molecule has 32 heavy (non-hydrogen) atoms. The molecule has 0 aliphatic carbocycles. The van der Waals surface area contributed by atoms with E-state index in [-0.39, 0.29) is 28.3 Å². The standard InChI is InChI=1S/C24H27N3O4S/c1-2-21(18-7-4-3-5-8-18)23(29)25-13-11-24(12-14-25)26(15-16-32-24)22(28)19-9-6-10-20(17-19)27(30)31/h3-10,17,21H,2,11-16H2,1H3. The van der Waals surface area contributed by atoms with Gasteiger partial charge in [-0.1, -0.05) is 43.3 Å². The molecule has 0 radical (unpaired) electrons. The second-order valence-corrected chi connectivity index (χ2v) is 9.71. The van der Waals surface area contributed by atoms with E-state index in [1.807, 2.05) is 47.1 Å². The molecule has 1 unspecified atom stereocenters. The monoisotopic (exact) mass is 453 g/mol. The largest absolute Gasteiger partial charge is 0.342 e. The summed E-state index contributed by atoms with van der Waals surface area (Å²) in [6.07, 6.45) is 2.15. The summed E-state index contributed by atoms with van der Waals surface area (Å²) >= 11 is 1.76. The molecule has 8 heteroatoms. The molecule has 2 aliphatic rings. The molecular weight excluding hydrogens is 426 g/mol. The van der Waals surface area contributed by atoms with Crippen LogP contribution in [0.25, 0.3) is 0 Å². The molecule has 2 aliphatic heterocycles. The van der Waals surface area contributed by atoms with E-state index < -0.39 is 4.92 Å². The highest BCUT2D eigenvalue weighted by molar-refractivity contribution is 8.00. The Hall–Kier alpha value is -2.87. The molecule has 7 nitrogen and oxygen atoms in total. The summed E-state index contributed by atoms with van der Waals surface area (Å²) in [7, 11) is 0. The average molecular weight is 454 g/mol. The normalized spacial score (nSPS) is 18.5. The molecule has 168 valence electrons. The van der Waals surface area contributed by atoms with Crippen molar-refractivity contribution in [2.45, 2.75) is 37.0 Å². The minimum absolute atomic E-state index is 0.0799. The Bertz CT molecular complexity index is 1010. The zero-order chi connectivity index (χ0) is 22.7. The smallest absolute Gasteiger partial charge is 0.270 e. The van der Waals surface area contributed by atoms with Gasteiger partial charge in [0.25, 0.3) is 11.6 Å². The number of carbonyl (C=O) groups is 2. The van der Waals surface area contributed by atoms with Crippen LogP contribution in [0.3, 0.4) is 0 Å². The van der Waals surface area contributed by atoms with Crippen LogP contribution in [0.1, 0.15) is 48.0 Å². The molecule has 2 fully saturated rings. The van der Waals surface area contributed by atoms with Crippen molar-refractivity contribution >= 4 is 29.3 Å². The third kappa shape index (κ3) is 4.24. The van der Waals surface area contributed by atoms with Gasteiger partial charge in [-0.15, -0.1) is 11.8 Å². The molecule has 0 aromatic heterocycles. The molecule has 2 aromatic rings. The quantitative estimate of drug-likeness (QED) is 0.498. The lowest BCUT2D eigenvalue weighted by Crippen LogP contribution is -2.54. The lowest BCUT2D eigenvalue weighted by atomic mass is 9.93. The molecule has 4 rings (SSSR count). The van der Waals surface area contributed by atoms with Gasteiger partial charge in [-0.3, -0.25) is 19.7 Å². The van der Waals surface area contributed by atoms with Gasteiger partial charge in [0.05, 0.1) is 15.7 Å². The van der Waals surface area contributed by atoms with Gasteiger partial charge in [0.1, 0.15) is 0 Å². The molecule has 2 amide bonds. The Morgan fingerprint density at radius 3 is 2.47 bits per heavy atom. The fraction of sp³-hybridized carbons (Fsp3) is 0.417. The SMILES string of the molecule is CCC(C(=O)N1CCC2(CC1)SCCN2C(=O)c1cccc([N+](=O)[O-])c1)c1ccccc1. The average Bonchev–Trinajstić information content (AvgIpc) is 3.23. The summed E-state index contributed by atoms with van der Waals surface area (Å²) in [5, 5.41) is 11.1. The third-order valence-electron chi connectivity index (χ3n) is 6.49. The molecule has 0 bridgehead atoms. The van der Waals surface area contributed by atoms with Gasteiger partial charge in [0.2, 0.25) is 5.91 Å². The number of rotatable bonds is 5. The summed E-state index contributed by atoms with van der Waals surface area (Å²) in [6.45, 7) is 3.86. The molecule has 2 aromatic carbocycles. The lowest BCUT2D eigenvalue weighted by molar-refractivity contribution is -0.384. The Morgan fingerprint density at radius 1 is 1.09 bits per heavy atom. The number of nitro groups is 1. The van der Waals surface area contributed by atoms with Crippen molar-refractivity contribution < 1.29 is 14.5 Å². The van der Waals surface area contributed by atoms with E-state index in [2.05, 4.69) is 0 Å². The first kappa shape index (κ1) is 22.3. The van der Waals surface area contributed by atoms with Crippen molar-refractivity contribution in [2.75, 3.05) is 25.4 Å². The van der Waals surface area contributed by atoms with Crippen molar-refractivity contribution in [3.05, 3.63) is 75.8 Å². The zero-order valence-corrected chi connectivity index (χ0v) is 18.9. The highest BCUT2D eigenvalue weighted by atomic mass is 32.2. The van der Waals surface area contributed by atoms with Gasteiger partial charge in [0.15, 0.2) is 0 Å². The minimum atomic E-state index is -0.480. The van der Waals surface area contributed by atoms with Crippen LogP contribution in [-0.2, 0) is 4.79 Å². The first-order valence-corrected chi connectivity index (χ1v) is 12.0. The van der Waals surface area contributed by atoms with Crippen molar-refractivity contribution in [1.82, 2.24) is 9.80 Å². The predicted molar refractivity (Wildman–Crippen MR) is 125 cm³/mol. The number of thioether (sulfide) groups is 1. The Kier molecular flexibility index (Phi) is 6.50. The predicted octanol–water partition coefficient (Wildman–Crippen LogP) is 4.30. The summed E-state index contributed by atoms with van der Waals surface area (Å²) in [6, 6.07) is 15.8. The molecular formula is C24H27N3O4S. The number of nitro benzene ring substituents is 1. The number of hydrogen-bond acceptors (Lipinski definition) is 5. The number of carbonyl (C=O) groups excluding carboxylic acids is 2. The van der Waals surface area contributed by atoms with E-state index in [4.69, 9.17) is 0 Å². The summed E-state index contributed by atoms with van der Waals surface area (Å²) < 4.78 is 0. The zero-order valence-electron chi connectivity index (χ0n) is 18.1. The van der Waals surface area contributed by atoms with Crippen LogP contribution in [0.4, 0.5) is 5.69 Å². The van der Waals surface area contributed by atoms with Crippen molar-refractivity contribution in [2.24, 2.45) is 0 Å². The Balaban J connectivity index is 1.47. The first-order chi connectivity index (χ1) is 15.4. The van der Waals surface area contributed by atoms with E-state index in [0.717, 1.165) is 17.7 Å². The molecule has 2 heterocycles. The second kappa shape index (κ2) is 9.32. The van der Waals surface area contributed by atoms with Gasteiger partial charge in [0, 0.05) is 43.1 Å². The molecule has 2 saturated heterocycles. The first-order valence-electron chi connectivity index (χ1n) is 11.0. The van der Waals surface area contributed by atoms with Crippen LogP contribution in [0.5, 0.6) is 0 Å². The van der Waals surface area contributed by atoms with Gasteiger partial charge in [-0.25, -0.2) is 0 Å². The topological polar surface area (TPSA) is 83.8 Å². The van der Waals surface area contributed by atoms with Crippen molar-refractivity contribution in [1.29, 1.82) is 0 Å². The number of non-ortho nitro benzene ring substituents is 1. The van der Waals surface area contributed by atoms with E-state index >= 15 is 0 Å². The van der Waals surface area contributed by atoms with Crippen molar-refractivity contribution in [3.63, 3.8) is 0 Å². The molecule has 1 spiro atoms. The lowest BCUT2D eigenvalue weighted by Gasteiger charge is -2.44. The number of amides is 2. The number of hydrogen-bond donors (Lipinski definition) is 0. The fourth-order valence-corrected chi connectivity index (χ4v) is 6.21. The van der Waals surface area contributed by atoms with Crippen molar-refractivity contribution in [3.8, 4) is 0 Å². The highest BCUT2D eigenvalue weighted by Crippen LogP contribution is 2.45. The van der Waals surface area contributed by atoms with Gasteiger partial charge in [-0.05, 0) is 30.9 Å². The third-order valence-corrected chi connectivity index (χ3v) is 8.04. The molecule has 1 atom stereocenters. The minimum Gasteiger partial charge on any atom is -0.342 e. The highest BCUT2D eigenvalue weighted by Gasteiger charge is 2.47. The summed E-state index contributed by atoms with van der Waals surface area (Å²) in [5.41, 5.74) is 1.30. The second-order valence-electron chi connectivity index (χ2n) is 8.26. The summed E-state index contributed by atoms with van der Waals surface area (Å²) in [5.74, 6) is 0.655. The fourth-order valence-electron chi connectivity index (χ4n) is 4.75. The van der Waals surface area contributed by atoms with Crippen LogP contribution in [0.15, 0.2) is 54.6 Å². The Morgan fingerprint density at radius 2 is 1.81 bits per heavy atom. The Labute approximate surface area is 191 Å². The number of benzene rings is 2. The van der Waals surface area contributed by atoms with Crippen LogP contribution in [0.2, 0.25) is 0 Å². The van der Waals surface area contributed by atoms with Crippen LogP contribution >= 0.6 is 11.8 Å². The maximum Gasteiger partial charge on any atom is 0.270 e.